The second-order valence-electron chi connectivity index (χ2n) is 4.61. The zero-order valence-electron chi connectivity index (χ0n) is 11.0. The van der Waals surface area contributed by atoms with Gasteiger partial charge in [-0.3, -0.25) is 9.00 Å². The summed E-state index contributed by atoms with van der Waals surface area (Å²) in [4.78, 5) is 13.8. The minimum absolute atomic E-state index is 0.0265. The van der Waals surface area contributed by atoms with E-state index in [0.29, 0.717) is 33.8 Å². The van der Waals surface area contributed by atoms with Crippen molar-refractivity contribution < 1.29 is 13.7 Å². The number of nitrogens with zero attached hydrogens (tertiary/aromatic N) is 1. The van der Waals surface area contributed by atoms with Gasteiger partial charge in [0.25, 0.3) is 5.91 Å². The molecule has 1 aromatic rings. The van der Waals surface area contributed by atoms with Crippen molar-refractivity contribution in [1.29, 1.82) is 0 Å². The van der Waals surface area contributed by atoms with Crippen molar-refractivity contribution in [3.63, 3.8) is 0 Å². The molecule has 7 heteroatoms. The van der Waals surface area contributed by atoms with Crippen LogP contribution < -0.4 is 4.74 Å². The average Bonchev–Trinajstić information content (AvgIpc) is 2.37. The molecule has 1 heterocycles. The Balaban J connectivity index is 1.93. The molecule has 1 amide bonds. The van der Waals surface area contributed by atoms with Crippen LogP contribution in [0.5, 0.6) is 5.75 Å². The highest BCUT2D eigenvalue weighted by Gasteiger charge is 2.26. The first-order valence-corrected chi connectivity index (χ1v) is 8.44. The molecule has 2 atom stereocenters. The Bertz CT molecular complexity index is 538. The van der Waals surface area contributed by atoms with Crippen LogP contribution in [-0.2, 0) is 15.6 Å². The third-order valence-corrected chi connectivity index (χ3v) is 5.11. The highest BCUT2D eigenvalue weighted by atomic mass is 35.5. The second kappa shape index (κ2) is 6.78. The maximum absolute atomic E-state index is 12.1. The molecule has 0 aromatic heterocycles. The van der Waals surface area contributed by atoms with Crippen LogP contribution >= 0.6 is 23.2 Å². The van der Waals surface area contributed by atoms with Gasteiger partial charge in [0.05, 0.1) is 5.02 Å². The number of halogens is 2. The molecular weight excluding hydrogens is 321 g/mol. The Morgan fingerprint density at radius 3 is 2.90 bits per heavy atom. The molecule has 0 radical (unpaired) electrons. The van der Waals surface area contributed by atoms with Gasteiger partial charge < -0.3 is 9.64 Å². The zero-order chi connectivity index (χ0) is 14.7. The number of hydrogen-bond acceptors (Lipinski definition) is 3. The molecule has 0 N–H and O–H groups in total. The molecule has 0 aliphatic carbocycles. The smallest absolute Gasteiger partial charge is 0.260 e. The first-order chi connectivity index (χ1) is 9.47. The molecule has 0 unspecified atom stereocenters. The number of carbonyl (C=O) groups excluding carboxylic acids is 1. The summed E-state index contributed by atoms with van der Waals surface area (Å²) in [6.07, 6.45) is 0. The highest BCUT2D eigenvalue weighted by Crippen LogP contribution is 2.27. The van der Waals surface area contributed by atoms with Gasteiger partial charge in [0, 0.05) is 39.9 Å². The molecule has 1 aromatic carbocycles. The van der Waals surface area contributed by atoms with Crippen LogP contribution in [0.1, 0.15) is 6.92 Å². The third kappa shape index (κ3) is 3.87. The van der Waals surface area contributed by atoms with Crippen molar-refractivity contribution in [3.8, 4) is 5.75 Å². The lowest BCUT2D eigenvalue weighted by atomic mass is 10.3. The molecule has 110 valence electrons. The minimum atomic E-state index is -0.824. The van der Waals surface area contributed by atoms with E-state index in [0.717, 1.165) is 0 Å². The van der Waals surface area contributed by atoms with Crippen LogP contribution in [0.2, 0.25) is 10.0 Å². The van der Waals surface area contributed by atoms with E-state index in [9.17, 15) is 9.00 Å². The van der Waals surface area contributed by atoms with E-state index in [1.807, 2.05) is 6.92 Å². The van der Waals surface area contributed by atoms with Gasteiger partial charge in [-0.05, 0) is 25.1 Å². The summed E-state index contributed by atoms with van der Waals surface area (Å²) in [6.45, 7) is 2.31. The molecule has 2 rings (SSSR count). The summed E-state index contributed by atoms with van der Waals surface area (Å²) in [6, 6.07) is 4.82. The topological polar surface area (TPSA) is 46.6 Å². The fourth-order valence-corrected chi connectivity index (χ4v) is 3.80. The molecule has 0 spiro atoms. The van der Waals surface area contributed by atoms with Gasteiger partial charge in [0.15, 0.2) is 6.61 Å². The van der Waals surface area contributed by atoms with Crippen molar-refractivity contribution >= 4 is 39.9 Å². The van der Waals surface area contributed by atoms with Gasteiger partial charge in [-0.25, -0.2) is 0 Å². The Labute approximate surface area is 130 Å². The standard InChI is InChI=1S/C13H15Cl2NO3S/c1-9-8-20(18)5-4-16(9)13(17)7-19-12-3-2-10(14)6-11(12)15/h2-3,6,9H,4-5,7-8H2,1H3/t9-,20-/m0/s1. The number of hydrogen-bond donors (Lipinski definition) is 0. The normalized spacial score (nSPS) is 22.6. The van der Waals surface area contributed by atoms with Crippen LogP contribution in [0.3, 0.4) is 0 Å². The average molecular weight is 336 g/mol. The summed E-state index contributed by atoms with van der Waals surface area (Å²) in [7, 11) is -0.824. The molecule has 20 heavy (non-hydrogen) atoms. The molecule has 1 saturated heterocycles. The molecular formula is C13H15Cl2NO3S. The number of rotatable bonds is 3. The molecule has 1 aliphatic rings. The van der Waals surface area contributed by atoms with Crippen LogP contribution in [0.25, 0.3) is 0 Å². The first kappa shape index (κ1) is 15.6. The lowest BCUT2D eigenvalue weighted by Gasteiger charge is -2.32. The van der Waals surface area contributed by atoms with E-state index in [1.165, 1.54) is 0 Å². The summed E-state index contributed by atoms with van der Waals surface area (Å²) in [5.41, 5.74) is 0. The van der Waals surface area contributed by atoms with Gasteiger partial charge in [0.1, 0.15) is 5.75 Å². The van der Waals surface area contributed by atoms with Gasteiger partial charge in [-0.1, -0.05) is 23.2 Å². The zero-order valence-corrected chi connectivity index (χ0v) is 13.3. The molecule has 0 saturated carbocycles. The van der Waals surface area contributed by atoms with Crippen molar-refractivity contribution in [2.24, 2.45) is 0 Å². The fourth-order valence-electron chi connectivity index (χ4n) is 2.05. The second-order valence-corrected chi connectivity index (χ2v) is 7.08. The van der Waals surface area contributed by atoms with E-state index < -0.39 is 10.8 Å². The minimum Gasteiger partial charge on any atom is -0.482 e. The van der Waals surface area contributed by atoms with Crippen LogP contribution in [0.4, 0.5) is 0 Å². The van der Waals surface area contributed by atoms with E-state index in [-0.39, 0.29) is 18.6 Å². The SMILES string of the molecule is C[C@H]1C[S@@](=O)CCN1C(=O)COc1ccc(Cl)cc1Cl. The number of ether oxygens (including phenoxy) is 1. The third-order valence-electron chi connectivity index (χ3n) is 3.08. The molecule has 1 fully saturated rings. The summed E-state index contributed by atoms with van der Waals surface area (Å²) >= 11 is 11.8. The van der Waals surface area contributed by atoms with Gasteiger partial charge in [-0.15, -0.1) is 0 Å². The van der Waals surface area contributed by atoms with Crippen LogP contribution in [0, 0.1) is 0 Å². The Morgan fingerprint density at radius 2 is 2.25 bits per heavy atom. The molecule has 0 bridgehead atoms. The van der Waals surface area contributed by atoms with Crippen LogP contribution in [0.15, 0.2) is 18.2 Å². The van der Waals surface area contributed by atoms with Gasteiger partial charge in [0.2, 0.25) is 0 Å². The summed E-state index contributed by atoms with van der Waals surface area (Å²) in [5, 5.41) is 0.888. The van der Waals surface area contributed by atoms with Crippen molar-refractivity contribution in [1.82, 2.24) is 4.90 Å². The number of benzene rings is 1. The Morgan fingerprint density at radius 1 is 1.50 bits per heavy atom. The van der Waals surface area contributed by atoms with Gasteiger partial charge >= 0.3 is 0 Å². The fraction of sp³-hybridized carbons (Fsp3) is 0.462. The quantitative estimate of drug-likeness (QED) is 0.851. The number of carbonyl (C=O) groups is 1. The van der Waals surface area contributed by atoms with E-state index in [2.05, 4.69) is 0 Å². The monoisotopic (exact) mass is 335 g/mol. The predicted molar refractivity (Wildman–Crippen MR) is 81.0 cm³/mol. The van der Waals surface area contributed by atoms with Crippen molar-refractivity contribution in [2.45, 2.75) is 13.0 Å². The van der Waals surface area contributed by atoms with Crippen molar-refractivity contribution in [2.75, 3.05) is 24.7 Å². The molecule has 1 aliphatic heterocycles. The largest absolute Gasteiger partial charge is 0.482 e. The number of amides is 1. The maximum atomic E-state index is 12.1. The van der Waals surface area contributed by atoms with Crippen LogP contribution in [-0.4, -0.2) is 45.7 Å². The van der Waals surface area contributed by atoms with E-state index >= 15 is 0 Å². The maximum Gasteiger partial charge on any atom is 0.260 e. The molecule has 4 nitrogen and oxygen atoms in total. The van der Waals surface area contributed by atoms with Crippen molar-refractivity contribution in [3.05, 3.63) is 28.2 Å². The van der Waals surface area contributed by atoms with E-state index in [1.54, 1.807) is 23.1 Å². The van der Waals surface area contributed by atoms with E-state index in [4.69, 9.17) is 27.9 Å². The summed E-state index contributed by atoms with van der Waals surface area (Å²) < 4.78 is 16.8. The summed E-state index contributed by atoms with van der Waals surface area (Å²) in [5.74, 6) is 1.35. The predicted octanol–water partition coefficient (Wildman–Crippen LogP) is 2.35. The lowest BCUT2D eigenvalue weighted by molar-refractivity contribution is -0.134. The highest BCUT2D eigenvalue weighted by molar-refractivity contribution is 7.85. The van der Waals surface area contributed by atoms with Gasteiger partial charge in [-0.2, -0.15) is 0 Å². The Hall–Kier alpha value is -0.780. The lowest BCUT2D eigenvalue weighted by Crippen LogP contribution is -2.49. The Kier molecular flexibility index (Phi) is 5.29. The first-order valence-electron chi connectivity index (χ1n) is 6.19.